The number of benzene rings is 1. The van der Waals surface area contributed by atoms with Crippen molar-refractivity contribution in [3.63, 3.8) is 0 Å². The van der Waals surface area contributed by atoms with Gasteiger partial charge in [-0.3, -0.25) is 4.79 Å². The van der Waals surface area contributed by atoms with E-state index in [4.69, 9.17) is 5.73 Å². The van der Waals surface area contributed by atoms with Gasteiger partial charge in [0, 0.05) is 16.6 Å². The van der Waals surface area contributed by atoms with Crippen LogP contribution in [-0.4, -0.2) is 6.29 Å². The Morgan fingerprint density at radius 3 is 2.73 bits per heavy atom. The van der Waals surface area contributed by atoms with Crippen LogP contribution in [-0.2, 0) is 6.54 Å². The van der Waals surface area contributed by atoms with Crippen LogP contribution in [0.15, 0.2) is 22.7 Å². The average Bonchev–Trinajstić information content (AvgIpc) is 2.03. The van der Waals surface area contributed by atoms with E-state index >= 15 is 0 Å². The molecule has 1 aromatic rings. The number of rotatable bonds is 2. The zero-order valence-electron chi connectivity index (χ0n) is 5.88. The van der Waals surface area contributed by atoms with Crippen LogP contribution in [0.1, 0.15) is 15.9 Å². The van der Waals surface area contributed by atoms with Crippen molar-refractivity contribution in [1.29, 1.82) is 0 Å². The van der Waals surface area contributed by atoms with Gasteiger partial charge in [0.15, 0.2) is 0 Å². The predicted molar refractivity (Wildman–Crippen MR) is 47.4 cm³/mol. The highest BCUT2D eigenvalue weighted by atomic mass is 79.9. The summed E-state index contributed by atoms with van der Waals surface area (Å²) in [5.74, 6) is 0. The highest BCUT2D eigenvalue weighted by Crippen LogP contribution is 2.14. The minimum atomic E-state index is 0.459. The third kappa shape index (κ3) is 2.13. The lowest BCUT2D eigenvalue weighted by Crippen LogP contribution is -1.97. The van der Waals surface area contributed by atoms with Gasteiger partial charge < -0.3 is 5.73 Å². The molecule has 0 aromatic heterocycles. The van der Waals surface area contributed by atoms with Crippen LogP contribution in [0.4, 0.5) is 0 Å². The maximum atomic E-state index is 10.4. The molecule has 0 saturated carbocycles. The summed E-state index contributed by atoms with van der Waals surface area (Å²) in [5, 5.41) is 0. The lowest BCUT2D eigenvalue weighted by atomic mass is 10.1. The second-order valence-corrected chi connectivity index (χ2v) is 3.13. The number of halogens is 1. The fourth-order valence-corrected chi connectivity index (χ4v) is 1.42. The minimum Gasteiger partial charge on any atom is -0.326 e. The minimum absolute atomic E-state index is 0.459. The maximum absolute atomic E-state index is 10.4. The molecule has 11 heavy (non-hydrogen) atoms. The van der Waals surface area contributed by atoms with E-state index in [1.165, 1.54) is 0 Å². The van der Waals surface area contributed by atoms with Crippen LogP contribution in [0.2, 0.25) is 0 Å². The van der Waals surface area contributed by atoms with Crippen molar-refractivity contribution in [2.24, 2.45) is 5.73 Å². The van der Waals surface area contributed by atoms with E-state index in [2.05, 4.69) is 15.9 Å². The summed E-state index contributed by atoms with van der Waals surface area (Å²) in [6, 6.07) is 5.43. The van der Waals surface area contributed by atoms with Crippen molar-refractivity contribution in [2.45, 2.75) is 6.54 Å². The molecule has 2 nitrogen and oxygen atoms in total. The van der Waals surface area contributed by atoms with Crippen LogP contribution in [0.3, 0.4) is 0 Å². The van der Waals surface area contributed by atoms with Gasteiger partial charge >= 0.3 is 0 Å². The lowest BCUT2D eigenvalue weighted by Gasteiger charge is -1.98. The van der Waals surface area contributed by atoms with Gasteiger partial charge in [-0.2, -0.15) is 0 Å². The van der Waals surface area contributed by atoms with Gasteiger partial charge in [-0.25, -0.2) is 0 Å². The fraction of sp³-hybridized carbons (Fsp3) is 0.125. The summed E-state index contributed by atoms with van der Waals surface area (Å²) in [5.41, 5.74) is 7.02. The Morgan fingerprint density at radius 2 is 2.18 bits per heavy atom. The number of carbonyl (C=O) groups excluding carboxylic acids is 1. The Balaban J connectivity index is 3.11. The Kier molecular flexibility index (Phi) is 2.79. The maximum Gasteiger partial charge on any atom is 0.150 e. The average molecular weight is 214 g/mol. The fourth-order valence-electron chi connectivity index (χ4n) is 0.861. The summed E-state index contributed by atoms with van der Waals surface area (Å²) in [6.07, 6.45) is 0.809. The van der Waals surface area contributed by atoms with Crippen molar-refractivity contribution >= 4 is 22.2 Å². The first-order chi connectivity index (χ1) is 5.26. The number of carbonyl (C=O) groups is 1. The second-order valence-electron chi connectivity index (χ2n) is 2.21. The van der Waals surface area contributed by atoms with E-state index < -0.39 is 0 Å². The molecule has 0 spiro atoms. The molecule has 0 radical (unpaired) electrons. The quantitative estimate of drug-likeness (QED) is 0.761. The van der Waals surface area contributed by atoms with Crippen LogP contribution in [0.5, 0.6) is 0 Å². The molecular weight excluding hydrogens is 206 g/mol. The molecule has 1 rings (SSSR count). The highest BCUT2D eigenvalue weighted by molar-refractivity contribution is 9.10. The van der Waals surface area contributed by atoms with Crippen LogP contribution in [0.25, 0.3) is 0 Å². The third-order valence-electron chi connectivity index (χ3n) is 1.35. The van der Waals surface area contributed by atoms with Crippen molar-refractivity contribution in [1.82, 2.24) is 0 Å². The predicted octanol–water partition coefficient (Wildman–Crippen LogP) is 1.72. The summed E-state index contributed by atoms with van der Waals surface area (Å²) >= 11 is 3.28. The first kappa shape index (κ1) is 8.43. The van der Waals surface area contributed by atoms with Gasteiger partial charge in [0.05, 0.1) is 0 Å². The molecule has 0 saturated heterocycles. The second kappa shape index (κ2) is 3.64. The number of aldehydes is 1. The van der Waals surface area contributed by atoms with Crippen LogP contribution in [0, 0.1) is 0 Å². The Morgan fingerprint density at radius 1 is 1.45 bits per heavy atom. The molecule has 0 aliphatic carbocycles. The monoisotopic (exact) mass is 213 g/mol. The molecule has 58 valence electrons. The van der Waals surface area contributed by atoms with Crippen molar-refractivity contribution in [2.75, 3.05) is 0 Å². The van der Waals surface area contributed by atoms with Crippen LogP contribution >= 0.6 is 15.9 Å². The zero-order chi connectivity index (χ0) is 8.27. The molecular formula is C8H8BrNO. The standard InChI is InChI=1S/C8H8BrNO/c9-8-2-6(4-10)1-7(3-8)5-11/h1-3,5H,4,10H2. The van der Waals surface area contributed by atoms with Crippen molar-refractivity contribution in [3.05, 3.63) is 33.8 Å². The molecule has 0 aliphatic rings. The SMILES string of the molecule is NCc1cc(Br)cc(C=O)c1. The molecule has 0 heterocycles. The molecule has 0 bridgehead atoms. The first-order valence-corrected chi connectivity index (χ1v) is 4.00. The van der Waals surface area contributed by atoms with Gasteiger partial charge in [-0.1, -0.05) is 15.9 Å². The van der Waals surface area contributed by atoms with Gasteiger partial charge in [0.2, 0.25) is 0 Å². The van der Waals surface area contributed by atoms with Gasteiger partial charge in [0.25, 0.3) is 0 Å². The third-order valence-corrected chi connectivity index (χ3v) is 1.81. The van der Waals surface area contributed by atoms with E-state index in [1.807, 2.05) is 6.07 Å². The number of nitrogens with two attached hydrogens (primary N) is 1. The smallest absolute Gasteiger partial charge is 0.150 e. The largest absolute Gasteiger partial charge is 0.326 e. The van der Waals surface area contributed by atoms with Crippen LogP contribution < -0.4 is 5.73 Å². The summed E-state index contributed by atoms with van der Waals surface area (Å²) in [4.78, 5) is 10.4. The van der Waals surface area contributed by atoms with Gasteiger partial charge in [-0.15, -0.1) is 0 Å². The molecule has 2 N–H and O–H groups in total. The Bertz CT molecular complexity index is 273. The topological polar surface area (TPSA) is 43.1 Å². The molecule has 0 atom stereocenters. The first-order valence-electron chi connectivity index (χ1n) is 3.21. The normalized spacial score (nSPS) is 9.64. The Hall–Kier alpha value is -0.670. The molecule has 0 aliphatic heterocycles. The summed E-state index contributed by atoms with van der Waals surface area (Å²) in [6.45, 7) is 0.459. The molecule has 3 heteroatoms. The van der Waals surface area contributed by atoms with Gasteiger partial charge in [-0.05, 0) is 23.8 Å². The number of hydrogen-bond donors (Lipinski definition) is 1. The van der Waals surface area contributed by atoms with E-state index in [1.54, 1.807) is 12.1 Å². The summed E-state index contributed by atoms with van der Waals surface area (Å²) in [7, 11) is 0. The lowest BCUT2D eigenvalue weighted by molar-refractivity contribution is 0.112. The van der Waals surface area contributed by atoms with Crippen molar-refractivity contribution < 1.29 is 4.79 Å². The molecule has 1 aromatic carbocycles. The molecule has 0 fully saturated rings. The van der Waals surface area contributed by atoms with E-state index in [-0.39, 0.29) is 0 Å². The molecule has 0 unspecified atom stereocenters. The molecule has 0 amide bonds. The van der Waals surface area contributed by atoms with Gasteiger partial charge in [0.1, 0.15) is 6.29 Å². The Labute approximate surface area is 73.5 Å². The van der Waals surface area contributed by atoms with Crippen molar-refractivity contribution in [3.8, 4) is 0 Å². The van der Waals surface area contributed by atoms with E-state index in [0.29, 0.717) is 12.1 Å². The summed E-state index contributed by atoms with van der Waals surface area (Å²) < 4.78 is 0.891. The highest BCUT2D eigenvalue weighted by Gasteiger charge is 1.95. The van der Waals surface area contributed by atoms with E-state index in [9.17, 15) is 4.79 Å². The zero-order valence-corrected chi connectivity index (χ0v) is 7.47. The number of hydrogen-bond acceptors (Lipinski definition) is 2. The van der Waals surface area contributed by atoms with E-state index in [0.717, 1.165) is 16.3 Å².